The van der Waals surface area contributed by atoms with Crippen LogP contribution in [0.3, 0.4) is 0 Å². The zero-order valence-electron chi connectivity index (χ0n) is 8.76. The van der Waals surface area contributed by atoms with Gasteiger partial charge in [0.25, 0.3) is 0 Å². The van der Waals surface area contributed by atoms with Crippen molar-refractivity contribution in [2.45, 2.75) is 20.3 Å². The first-order valence-electron chi connectivity index (χ1n) is 4.56. The molecule has 0 bridgehead atoms. The molecule has 1 atom stereocenters. The van der Waals surface area contributed by atoms with Gasteiger partial charge in [-0.2, -0.15) is 0 Å². The van der Waals surface area contributed by atoms with Gasteiger partial charge in [-0.15, -0.1) is 0 Å². The predicted octanol–water partition coefficient (Wildman–Crippen LogP) is 2.12. The van der Waals surface area contributed by atoms with E-state index >= 15 is 0 Å². The van der Waals surface area contributed by atoms with Gasteiger partial charge in [-0.25, -0.2) is 0 Å². The Balaban J connectivity index is 3.90. The Bertz CT molecular complexity index is 134. The number of hydrogen-bond donors (Lipinski definition) is 0. The van der Waals surface area contributed by atoms with E-state index in [-0.39, 0.29) is 0 Å². The molecule has 1 unspecified atom stereocenters. The Morgan fingerprint density at radius 3 is 2.42 bits per heavy atom. The van der Waals surface area contributed by atoms with Crippen molar-refractivity contribution in [2.24, 2.45) is 5.92 Å². The van der Waals surface area contributed by atoms with Gasteiger partial charge >= 0.3 is 0 Å². The molecule has 0 spiro atoms. The topological polar surface area (TPSA) is 12.5 Å². The van der Waals surface area contributed by atoms with Gasteiger partial charge in [-0.1, -0.05) is 20.4 Å². The number of methoxy groups -OCH3 is 1. The normalized spacial score (nSPS) is 13.1. The zero-order valence-corrected chi connectivity index (χ0v) is 8.76. The first kappa shape index (κ1) is 11.5. The van der Waals surface area contributed by atoms with Crippen LogP contribution in [0.15, 0.2) is 12.3 Å². The molecule has 2 heteroatoms. The van der Waals surface area contributed by atoms with Crippen LogP contribution in [-0.4, -0.2) is 32.1 Å². The third kappa shape index (κ3) is 3.77. The highest BCUT2D eigenvalue weighted by Crippen LogP contribution is 2.14. The molecule has 2 nitrogen and oxygen atoms in total. The van der Waals surface area contributed by atoms with Gasteiger partial charge in [0.05, 0.1) is 12.9 Å². The number of nitrogens with zero attached hydrogens (tertiary/aromatic N) is 1. The molecule has 0 heterocycles. The molecule has 0 amide bonds. The maximum Gasteiger partial charge on any atom is 0.0927 e. The van der Waals surface area contributed by atoms with Crippen LogP contribution in [0.5, 0.6) is 0 Å². The molecule has 0 aliphatic carbocycles. The fourth-order valence-electron chi connectivity index (χ4n) is 1.13. The van der Waals surface area contributed by atoms with Gasteiger partial charge in [-0.3, -0.25) is 0 Å². The SMILES string of the molecule is C=C(OC)C(CC)CN(C)CC. The van der Waals surface area contributed by atoms with Gasteiger partial charge in [0.15, 0.2) is 0 Å². The standard InChI is InChI=1S/C10H21NO/c1-6-10(9(3)12-5)8-11(4)7-2/h10H,3,6-8H2,1-2,4-5H3. The maximum atomic E-state index is 5.13. The molecule has 0 aromatic carbocycles. The summed E-state index contributed by atoms with van der Waals surface area (Å²) in [4.78, 5) is 2.28. The molecular weight excluding hydrogens is 150 g/mol. The predicted molar refractivity (Wildman–Crippen MR) is 53.1 cm³/mol. The van der Waals surface area contributed by atoms with Crippen LogP contribution in [0.2, 0.25) is 0 Å². The first-order valence-corrected chi connectivity index (χ1v) is 4.56. The van der Waals surface area contributed by atoms with Crippen molar-refractivity contribution in [3.63, 3.8) is 0 Å². The largest absolute Gasteiger partial charge is 0.501 e. The number of rotatable bonds is 6. The quantitative estimate of drug-likeness (QED) is 0.568. The Hall–Kier alpha value is -0.500. The number of ether oxygens (including phenoxy) is 1. The van der Waals surface area contributed by atoms with Gasteiger partial charge in [0, 0.05) is 12.5 Å². The van der Waals surface area contributed by atoms with Crippen LogP contribution in [0.1, 0.15) is 20.3 Å². The van der Waals surface area contributed by atoms with Crippen LogP contribution < -0.4 is 0 Å². The van der Waals surface area contributed by atoms with Crippen molar-refractivity contribution in [2.75, 3.05) is 27.2 Å². The molecule has 72 valence electrons. The molecule has 0 radical (unpaired) electrons. The highest BCUT2D eigenvalue weighted by Gasteiger charge is 2.12. The van der Waals surface area contributed by atoms with Crippen molar-refractivity contribution < 1.29 is 4.74 Å². The van der Waals surface area contributed by atoms with Crippen molar-refractivity contribution in [1.82, 2.24) is 4.90 Å². The molecule has 0 rings (SSSR count). The second-order valence-electron chi connectivity index (χ2n) is 3.13. The van der Waals surface area contributed by atoms with E-state index in [0.29, 0.717) is 5.92 Å². The average Bonchev–Trinajstić information content (AvgIpc) is 2.12. The molecule has 0 aromatic heterocycles. The molecule has 0 aliphatic rings. The molecule has 0 N–H and O–H groups in total. The summed E-state index contributed by atoms with van der Waals surface area (Å²) in [5, 5.41) is 0. The van der Waals surface area contributed by atoms with Crippen LogP contribution in [-0.2, 0) is 4.74 Å². The van der Waals surface area contributed by atoms with Gasteiger partial charge in [-0.05, 0) is 20.0 Å². The fraction of sp³-hybridized carbons (Fsp3) is 0.800. The minimum atomic E-state index is 0.472. The van der Waals surface area contributed by atoms with Gasteiger partial charge < -0.3 is 9.64 Å². The summed E-state index contributed by atoms with van der Waals surface area (Å²) < 4.78 is 5.13. The average molecular weight is 171 g/mol. The maximum absolute atomic E-state index is 5.13. The third-order valence-electron chi connectivity index (χ3n) is 2.28. The van der Waals surface area contributed by atoms with Gasteiger partial charge in [0.1, 0.15) is 0 Å². The first-order chi connectivity index (χ1) is 5.65. The van der Waals surface area contributed by atoms with E-state index in [1.165, 1.54) is 0 Å². The van der Waals surface area contributed by atoms with Crippen molar-refractivity contribution in [3.05, 3.63) is 12.3 Å². The zero-order chi connectivity index (χ0) is 9.56. The third-order valence-corrected chi connectivity index (χ3v) is 2.28. The van der Waals surface area contributed by atoms with E-state index in [0.717, 1.165) is 25.3 Å². The summed E-state index contributed by atoms with van der Waals surface area (Å²) in [5.41, 5.74) is 0. The highest BCUT2D eigenvalue weighted by atomic mass is 16.5. The molecule has 0 aromatic rings. The van der Waals surface area contributed by atoms with Crippen molar-refractivity contribution >= 4 is 0 Å². The van der Waals surface area contributed by atoms with E-state index in [1.807, 2.05) is 0 Å². The lowest BCUT2D eigenvalue weighted by Crippen LogP contribution is -2.26. The molecule has 0 aliphatic heterocycles. The van der Waals surface area contributed by atoms with Crippen molar-refractivity contribution in [1.29, 1.82) is 0 Å². The van der Waals surface area contributed by atoms with E-state index in [9.17, 15) is 0 Å². The molecule has 0 saturated heterocycles. The molecule has 0 fully saturated rings. The lowest BCUT2D eigenvalue weighted by atomic mass is 10.0. The smallest absolute Gasteiger partial charge is 0.0927 e. The minimum absolute atomic E-state index is 0.472. The summed E-state index contributed by atoms with van der Waals surface area (Å²) >= 11 is 0. The summed E-state index contributed by atoms with van der Waals surface area (Å²) in [7, 11) is 3.81. The van der Waals surface area contributed by atoms with E-state index < -0.39 is 0 Å². The van der Waals surface area contributed by atoms with E-state index in [1.54, 1.807) is 7.11 Å². The summed E-state index contributed by atoms with van der Waals surface area (Å²) in [6, 6.07) is 0. The second-order valence-corrected chi connectivity index (χ2v) is 3.13. The van der Waals surface area contributed by atoms with Crippen molar-refractivity contribution in [3.8, 4) is 0 Å². The lowest BCUT2D eigenvalue weighted by molar-refractivity contribution is 0.204. The molecule has 0 saturated carbocycles. The summed E-state index contributed by atoms with van der Waals surface area (Å²) in [6.07, 6.45) is 1.09. The summed E-state index contributed by atoms with van der Waals surface area (Å²) in [6.45, 7) is 10.3. The summed E-state index contributed by atoms with van der Waals surface area (Å²) in [5.74, 6) is 1.37. The minimum Gasteiger partial charge on any atom is -0.501 e. The van der Waals surface area contributed by atoms with E-state index in [4.69, 9.17) is 4.74 Å². The van der Waals surface area contributed by atoms with Crippen LogP contribution in [0.4, 0.5) is 0 Å². The van der Waals surface area contributed by atoms with Gasteiger partial charge in [0.2, 0.25) is 0 Å². The molecule has 12 heavy (non-hydrogen) atoms. The molecular formula is C10H21NO. The Kier molecular flexibility index (Phi) is 5.81. The Morgan fingerprint density at radius 1 is 1.50 bits per heavy atom. The highest BCUT2D eigenvalue weighted by molar-refractivity contribution is 4.91. The van der Waals surface area contributed by atoms with Crippen LogP contribution in [0.25, 0.3) is 0 Å². The van der Waals surface area contributed by atoms with E-state index in [2.05, 4.69) is 32.4 Å². The van der Waals surface area contributed by atoms with Crippen LogP contribution >= 0.6 is 0 Å². The lowest BCUT2D eigenvalue weighted by Gasteiger charge is -2.22. The number of hydrogen-bond acceptors (Lipinski definition) is 2. The van der Waals surface area contributed by atoms with Crippen LogP contribution in [0, 0.1) is 5.92 Å². The second kappa shape index (κ2) is 6.06. The fourth-order valence-corrected chi connectivity index (χ4v) is 1.13. The monoisotopic (exact) mass is 171 g/mol. The Labute approximate surface area is 76.2 Å². The Morgan fingerprint density at radius 2 is 2.08 bits per heavy atom.